The molecule has 0 radical (unpaired) electrons. The van der Waals surface area contributed by atoms with Gasteiger partial charge in [-0.25, -0.2) is 9.97 Å². The summed E-state index contributed by atoms with van der Waals surface area (Å²) < 4.78 is 0. The Bertz CT molecular complexity index is 464. The monoisotopic (exact) mass is 218 g/mol. The van der Waals surface area contributed by atoms with Crippen LogP contribution in [-0.4, -0.2) is 32.2 Å². The quantitative estimate of drug-likeness (QED) is 0.827. The van der Waals surface area contributed by atoms with Crippen molar-refractivity contribution in [3.05, 3.63) is 29.7 Å². The molecule has 2 rings (SSSR count). The molecular weight excluding hydrogens is 204 g/mol. The van der Waals surface area contributed by atoms with Gasteiger partial charge >= 0.3 is 0 Å². The highest BCUT2D eigenvalue weighted by molar-refractivity contribution is 5.42. The molecule has 2 aromatic rings. The number of nitrogens with one attached hydrogen (secondary N) is 1. The van der Waals surface area contributed by atoms with E-state index in [1.807, 2.05) is 25.8 Å². The van der Waals surface area contributed by atoms with E-state index in [9.17, 15) is 0 Å². The van der Waals surface area contributed by atoms with Crippen LogP contribution in [0.1, 0.15) is 17.2 Å². The Kier molecular flexibility index (Phi) is 2.80. The first-order chi connectivity index (χ1) is 7.66. The summed E-state index contributed by atoms with van der Waals surface area (Å²) in [6.45, 7) is 4.51. The van der Waals surface area contributed by atoms with Crippen LogP contribution in [0.4, 0.5) is 5.82 Å². The number of nitrogens with zero attached hydrogens (tertiary/aromatic N) is 5. The second-order valence-electron chi connectivity index (χ2n) is 3.71. The van der Waals surface area contributed by atoms with Gasteiger partial charge in [0.1, 0.15) is 18.0 Å². The number of H-pyrrole nitrogens is 1. The molecule has 0 fully saturated rings. The first-order valence-electron chi connectivity index (χ1n) is 5.02. The van der Waals surface area contributed by atoms with Crippen molar-refractivity contribution in [1.82, 2.24) is 25.1 Å². The molecule has 0 aliphatic carbocycles. The highest BCUT2D eigenvalue weighted by atomic mass is 15.2. The van der Waals surface area contributed by atoms with Crippen molar-refractivity contribution < 1.29 is 0 Å². The van der Waals surface area contributed by atoms with E-state index in [1.54, 1.807) is 6.20 Å². The molecule has 0 aromatic carbocycles. The Morgan fingerprint density at radius 2 is 2.12 bits per heavy atom. The van der Waals surface area contributed by atoms with E-state index in [4.69, 9.17) is 0 Å². The van der Waals surface area contributed by atoms with E-state index in [-0.39, 0.29) is 0 Å². The van der Waals surface area contributed by atoms with Crippen LogP contribution in [0.5, 0.6) is 0 Å². The number of aromatic nitrogens is 5. The van der Waals surface area contributed by atoms with Gasteiger partial charge in [0.15, 0.2) is 0 Å². The first-order valence-corrected chi connectivity index (χ1v) is 5.02. The van der Waals surface area contributed by atoms with Crippen LogP contribution < -0.4 is 4.90 Å². The summed E-state index contributed by atoms with van der Waals surface area (Å²) in [4.78, 5) is 14.8. The molecule has 0 atom stereocenters. The summed E-state index contributed by atoms with van der Waals surface area (Å²) >= 11 is 0. The van der Waals surface area contributed by atoms with Crippen LogP contribution in [0.3, 0.4) is 0 Å². The number of anilines is 1. The predicted molar refractivity (Wildman–Crippen MR) is 60.0 cm³/mol. The number of aromatic amines is 1. The van der Waals surface area contributed by atoms with Crippen molar-refractivity contribution in [2.75, 3.05) is 11.9 Å². The lowest BCUT2D eigenvalue weighted by atomic mass is 10.3. The van der Waals surface area contributed by atoms with E-state index >= 15 is 0 Å². The number of hydrogen-bond acceptors (Lipinski definition) is 5. The highest BCUT2D eigenvalue weighted by Crippen LogP contribution is 2.14. The molecule has 0 spiro atoms. The van der Waals surface area contributed by atoms with Gasteiger partial charge in [0, 0.05) is 13.2 Å². The van der Waals surface area contributed by atoms with Gasteiger partial charge < -0.3 is 4.90 Å². The molecule has 0 aliphatic heterocycles. The number of rotatable bonds is 3. The third-order valence-electron chi connectivity index (χ3n) is 2.26. The smallest absolute Gasteiger partial charge is 0.150 e. The van der Waals surface area contributed by atoms with Crippen molar-refractivity contribution in [1.29, 1.82) is 0 Å². The fraction of sp³-hybridized carbons (Fsp3) is 0.400. The summed E-state index contributed by atoms with van der Waals surface area (Å²) in [6, 6.07) is 0. The normalized spacial score (nSPS) is 10.4. The molecule has 0 unspecified atom stereocenters. The third-order valence-corrected chi connectivity index (χ3v) is 2.26. The zero-order chi connectivity index (χ0) is 11.5. The highest BCUT2D eigenvalue weighted by Gasteiger charge is 2.09. The van der Waals surface area contributed by atoms with Crippen LogP contribution in [0.25, 0.3) is 0 Å². The van der Waals surface area contributed by atoms with Crippen molar-refractivity contribution >= 4 is 5.82 Å². The number of hydrogen-bond donors (Lipinski definition) is 1. The molecule has 0 saturated carbocycles. The molecule has 16 heavy (non-hydrogen) atoms. The van der Waals surface area contributed by atoms with E-state index in [2.05, 4.69) is 25.1 Å². The molecule has 84 valence electrons. The standard InChI is InChI=1S/C10H14N6/c1-7-4-11-8(2)10(14-7)16(3)5-9-12-6-13-15-9/h4,6H,5H2,1-3H3,(H,12,13,15). The lowest BCUT2D eigenvalue weighted by Gasteiger charge is -2.18. The summed E-state index contributed by atoms with van der Waals surface area (Å²) in [5, 5.41) is 6.63. The van der Waals surface area contributed by atoms with Crippen LogP contribution in [0.2, 0.25) is 0 Å². The topological polar surface area (TPSA) is 70.6 Å². The maximum Gasteiger partial charge on any atom is 0.150 e. The maximum absolute atomic E-state index is 4.45. The number of aryl methyl sites for hydroxylation is 2. The minimum atomic E-state index is 0.638. The van der Waals surface area contributed by atoms with Crippen LogP contribution in [0.15, 0.2) is 12.5 Å². The molecule has 0 saturated heterocycles. The molecule has 6 nitrogen and oxygen atoms in total. The Morgan fingerprint density at radius 3 is 2.81 bits per heavy atom. The second kappa shape index (κ2) is 4.26. The molecule has 2 aromatic heterocycles. The Morgan fingerprint density at radius 1 is 1.31 bits per heavy atom. The summed E-state index contributed by atoms with van der Waals surface area (Å²) in [6.07, 6.45) is 3.26. The third kappa shape index (κ3) is 2.16. The molecule has 0 bridgehead atoms. The van der Waals surface area contributed by atoms with Crippen molar-refractivity contribution in [3.63, 3.8) is 0 Å². The van der Waals surface area contributed by atoms with Gasteiger partial charge in [0.2, 0.25) is 0 Å². The SMILES string of the molecule is Cc1cnc(C)c(N(C)Cc2ncn[nH]2)n1. The van der Waals surface area contributed by atoms with E-state index in [1.165, 1.54) is 6.33 Å². The first kappa shape index (κ1) is 10.5. The van der Waals surface area contributed by atoms with Gasteiger partial charge in [0.25, 0.3) is 0 Å². The van der Waals surface area contributed by atoms with E-state index in [0.29, 0.717) is 6.54 Å². The largest absolute Gasteiger partial charge is 0.351 e. The minimum Gasteiger partial charge on any atom is -0.351 e. The zero-order valence-corrected chi connectivity index (χ0v) is 9.60. The zero-order valence-electron chi connectivity index (χ0n) is 9.60. The van der Waals surface area contributed by atoms with Gasteiger partial charge in [-0.2, -0.15) is 5.10 Å². The van der Waals surface area contributed by atoms with Gasteiger partial charge in [-0.1, -0.05) is 0 Å². The lowest BCUT2D eigenvalue weighted by molar-refractivity contribution is 0.815. The molecule has 1 N–H and O–H groups in total. The van der Waals surface area contributed by atoms with Gasteiger partial charge in [-0.3, -0.25) is 10.1 Å². The summed E-state index contributed by atoms with van der Waals surface area (Å²) in [5.41, 5.74) is 1.82. The van der Waals surface area contributed by atoms with Crippen molar-refractivity contribution in [2.45, 2.75) is 20.4 Å². The fourth-order valence-electron chi connectivity index (χ4n) is 1.49. The van der Waals surface area contributed by atoms with Gasteiger partial charge in [0.05, 0.1) is 17.9 Å². The van der Waals surface area contributed by atoms with Crippen molar-refractivity contribution in [3.8, 4) is 0 Å². The van der Waals surface area contributed by atoms with Crippen LogP contribution >= 0.6 is 0 Å². The Balaban J connectivity index is 2.20. The molecule has 6 heteroatoms. The fourth-order valence-corrected chi connectivity index (χ4v) is 1.49. The Hall–Kier alpha value is -1.98. The maximum atomic E-state index is 4.45. The lowest BCUT2D eigenvalue weighted by Crippen LogP contribution is -2.20. The summed E-state index contributed by atoms with van der Waals surface area (Å²) in [5.74, 6) is 1.68. The minimum absolute atomic E-state index is 0.638. The van der Waals surface area contributed by atoms with Gasteiger partial charge in [-0.05, 0) is 13.8 Å². The summed E-state index contributed by atoms with van der Waals surface area (Å²) in [7, 11) is 1.96. The van der Waals surface area contributed by atoms with E-state index < -0.39 is 0 Å². The second-order valence-corrected chi connectivity index (χ2v) is 3.71. The predicted octanol–water partition coefficient (Wildman–Crippen LogP) is 0.848. The molecule has 2 heterocycles. The molecular formula is C10H14N6. The Labute approximate surface area is 93.8 Å². The molecule has 0 amide bonds. The average molecular weight is 218 g/mol. The molecule has 0 aliphatic rings. The van der Waals surface area contributed by atoms with Crippen molar-refractivity contribution in [2.24, 2.45) is 0 Å². The van der Waals surface area contributed by atoms with Crippen LogP contribution in [0, 0.1) is 13.8 Å². The van der Waals surface area contributed by atoms with E-state index in [0.717, 1.165) is 23.0 Å². The van der Waals surface area contributed by atoms with Crippen LogP contribution in [-0.2, 0) is 6.54 Å². The van der Waals surface area contributed by atoms with Gasteiger partial charge in [-0.15, -0.1) is 0 Å². The average Bonchev–Trinajstić information content (AvgIpc) is 2.74.